The van der Waals surface area contributed by atoms with Crippen LogP contribution in [-0.4, -0.2) is 34.0 Å². The zero-order valence-corrected chi connectivity index (χ0v) is 14.5. The molecule has 7 heteroatoms. The van der Waals surface area contributed by atoms with E-state index in [1.54, 1.807) is 26.0 Å². The van der Waals surface area contributed by atoms with Crippen molar-refractivity contribution < 1.29 is 17.9 Å². The molecule has 0 bridgehead atoms. The average molecular weight is 328 g/mol. The van der Waals surface area contributed by atoms with Gasteiger partial charge < -0.3 is 10.1 Å². The first kappa shape index (κ1) is 18.4. The Bertz CT molecular complexity index is 641. The Kier molecular flexibility index (Phi) is 6.37. The monoisotopic (exact) mass is 328 g/mol. The average Bonchev–Trinajstić information content (AvgIpc) is 2.46. The van der Waals surface area contributed by atoms with Crippen molar-refractivity contribution in [1.29, 1.82) is 0 Å². The van der Waals surface area contributed by atoms with Crippen molar-refractivity contribution >= 4 is 15.9 Å². The van der Waals surface area contributed by atoms with Gasteiger partial charge in [-0.15, -0.1) is 0 Å². The lowest BCUT2D eigenvalue weighted by atomic mass is 10.1. The smallest absolute Gasteiger partial charge is 0.241 e. The first-order valence-electron chi connectivity index (χ1n) is 7.15. The molecule has 1 atom stereocenters. The van der Waals surface area contributed by atoms with Gasteiger partial charge in [0.2, 0.25) is 15.9 Å². The number of hydrogen-bond acceptors (Lipinski definition) is 4. The molecule has 1 aromatic carbocycles. The van der Waals surface area contributed by atoms with Crippen LogP contribution in [-0.2, 0) is 14.8 Å². The van der Waals surface area contributed by atoms with E-state index < -0.39 is 10.0 Å². The van der Waals surface area contributed by atoms with E-state index in [-0.39, 0.29) is 23.4 Å². The molecule has 0 aliphatic rings. The Morgan fingerprint density at radius 2 is 1.91 bits per heavy atom. The Hall–Kier alpha value is -1.60. The van der Waals surface area contributed by atoms with E-state index in [1.165, 1.54) is 7.11 Å². The lowest BCUT2D eigenvalue weighted by molar-refractivity contribution is -0.120. The van der Waals surface area contributed by atoms with Crippen molar-refractivity contribution in [1.82, 2.24) is 10.0 Å². The van der Waals surface area contributed by atoms with Crippen molar-refractivity contribution in [3.63, 3.8) is 0 Å². The molecule has 0 fully saturated rings. The van der Waals surface area contributed by atoms with Gasteiger partial charge in [0.25, 0.3) is 0 Å². The van der Waals surface area contributed by atoms with Crippen molar-refractivity contribution in [3.8, 4) is 5.75 Å². The third kappa shape index (κ3) is 4.71. The number of carbonyl (C=O) groups is 1. The molecule has 6 nitrogen and oxygen atoms in total. The minimum Gasteiger partial charge on any atom is -0.496 e. The summed E-state index contributed by atoms with van der Waals surface area (Å²) < 4.78 is 32.2. The highest BCUT2D eigenvalue weighted by Crippen LogP contribution is 2.25. The second-order valence-electron chi connectivity index (χ2n) is 5.29. The summed E-state index contributed by atoms with van der Waals surface area (Å²) >= 11 is 0. The van der Waals surface area contributed by atoms with E-state index in [0.29, 0.717) is 11.3 Å². The van der Waals surface area contributed by atoms with Crippen LogP contribution in [0, 0.1) is 13.8 Å². The number of carbonyl (C=O) groups excluding carboxylic acids is 1. The largest absolute Gasteiger partial charge is 0.496 e. The SMILES string of the molecule is CCC(C)NC(=O)CNS(=O)(=O)c1cc(C)c(OC)cc1C. The molecule has 0 saturated carbocycles. The van der Waals surface area contributed by atoms with Crippen LogP contribution >= 0.6 is 0 Å². The third-order valence-electron chi connectivity index (χ3n) is 3.42. The van der Waals surface area contributed by atoms with Crippen molar-refractivity contribution in [2.45, 2.75) is 45.1 Å². The second-order valence-corrected chi connectivity index (χ2v) is 7.02. The molecule has 2 N–H and O–H groups in total. The minimum absolute atomic E-state index is 0.0157. The Balaban J connectivity index is 2.87. The molecule has 0 radical (unpaired) electrons. The minimum atomic E-state index is -3.74. The fourth-order valence-corrected chi connectivity index (χ4v) is 3.23. The summed E-state index contributed by atoms with van der Waals surface area (Å²) in [6.07, 6.45) is 0.787. The van der Waals surface area contributed by atoms with Crippen LogP contribution in [0.3, 0.4) is 0 Å². The van der Waals surface area contributed by atoms with Crippen LogP contribution in [0.15, 0.2) is 17.0 Å². The van der Waals surface area contributed by atoms with E-state index in [2.05, 4.69) is 10.0 Å². The van der Waals surface area contributed by atoms with Crippen molar-refractivity contribution in [3.05, 3.63) is 23.3 Å². The number of ether oxygens (including phenoxy) is 1. The maximum atomic E-state index is 12.3. The fraction of sp³-hybridized carbons (Fsp3) is 0.533. The topological polar surface area (TPSA) is 84.5 Å². The van der Waals surface area contributed by atoms with Gasteiger partial charge in [-0.2, -0.15) is 0 Å². The molecule has 0 aromatic heterocycles. The Labute approximate surface area is 132 Å². The molecule has 22 heavy (non-hydrogen) atoms. The van der Waals surface area contributed by atoms with Crippen LogP contribution in [0.2, 0.25) is 0 Å². The van der Waals surface area contributed by atoms with Gasteiger partial charge >= 0.3 is 0 Å². The fourth-order valence-electron chi connectivity index (χ4n) is 1.94. The summed E-state index contributed by atoms with van der Waals surface area (Å²) in [5, 5.41) is 2.71. The first-order valence-corrected chi connectivity index (χ1v) is 8.63. The molecule has 0 spiro atoms. The standard InChI is InChI=1S/C15H24N2O4S/c1-6-12(4)17-15(18)9-16-22(19,20)14-8-10(2)13(21-5)7-11(14)3/h7-8,12,16H,6,9H2,1-5H3,(H,17,18). The number of benzene rings is 1. The van der Waals surface area contributed by atoms with Crippen LogP contribution in [0.25, 0.3) is 0 Å². The molecule has 0 heterocycles. The molecule has 0 aliphatic carbocycles. The number of methoxy groups -OCH3 is 1. The van der Waals surface area contributed by atoms with Crippen molar-refractivity contribution in [2.75, 3.05) is 13.7 Å². The van der Waals surface area contributed by atoms with E-state index in [1.807, 2.05) is 13.8 Å². The van der Waals surface area contributed by atoms with Crippen LogP contribution in [0.1, 0.15) is 31.4 Å². The maximum absolute atomic E-state index is 12.3. The van der Waals surface area contributed by atoms with Gasteiger partial charge in [-0.25, -0.2) is 13.1 Å². The maximum Gasteiger partial charge on any atom is 0.241 e. The quantitative estimate of drug-likeness (QED) is 0.794. The molecular weight excluding hydrogens is 304 g/mol. The second kappa shape index (κ2) is 7.60. The highest BCUT2D eigenvalue weighted by atomic mass is 32.2. The van der Waals surface area contributed by atoms with Gasteiger partial charge in [-0.05, 0) is 50.5 Å². The first-order chi connectivity index (χ1) is 10.2. The highest BCUT2D eigenvalue weighted by molar-refractivity contribution is 7.89. The number of hydrogen-bond donors (Lipinski definition) is 2. The Morgan fingerprint density at radius 3 is 2.45 bits per heavy atom. The summed E-state index contributed by atoms with van der Waals surface area (Å²) in [7, 11) is -2.21. The molecule has 0 saturated heterocycles. The van der Waals surface area contributed by atoms with E-state index in [9.17, 15) is 13.2 Å². The molecule has 1 aromatic rings. The van der Waals surface area contributed by atoms with Crippen LogP contribution in [0.4, 0.5) is 0 Å². The summed E-state index contributed by atoms with van der Waals surface area (Å²) in [6, 6.07) is 3.23. The van der Waals surface area contributed by atoms with Crippen molar-refractivity contribution in [2.24, 2.45) is 0 Å². The molecular formula is C15H24N2O4S. The number of aryl methyl sites for hydroxylation is 2. The van der Waals surface area contributed by atoms with E-state index in [0.717, 1.165) is 12.0 Å². The number of rotatable bonds is 7. The van der Waals surface area contributed by atoms with Gasteiger partial charge in [0.05, 0.1) is 18.6 Å². The van der Waals surface area contributed by atoms with E-state index in [4.69, 9.17) is 4.74 Å². The lowest BCUT2D eigenvalue weighted by Crippen LogP contribution is -2.40. The summed E-state index contributed by atoms with van der Waals surface area (Å²) in [4.78, 5) is 11.8. The van der Waals surface area contributed by atoms with Gasteiger partial charge in [0.15, 0.2) is 0 Å². The molecule has 124 valence electrons. The highest BCUT2D eigenvalue weighted by Gasteiger charge is 2.20. The molecule has 1 amide bonds. The third-order valence-corrected chi connectivity index (χ3v) is 4.97. The van der Waals surface area contributed by atoms with Gasteiger partial charge in [-0.3, -0.25) is 4.79 Å². The number of sulfonamides is 1. The van der Waals surface area contributed by atoms with Crippen LogP contribution in [0.5, 0.6) is 5.75 Å². The van der Waals surface area contributed by atoms with Gasteiger partial charge in [-0.1, -0.05) is 6.92 Å². The molecule has 0 aliphatic heterocycles. The summed E-state index contributed by atoms with van der Waals surface area (Å²) in [5.41, 5.74) is 1.29. The van der Waals surface area contributed by atoms with Gasteiger partial charge in [0, 0.05) is 6.04 Å². The lowest BCUT2D eigenvalue weighted by Gasteiger charge is -2.14. The predicted octanol–water partition coefficient (Wildman–Crippen LogP) is 1.51. The summed E-state index contributed by atoms with van der Waals surface area (Å²) in [5.74, 6) is 0.284. The Morgan fingerprint density at radius 1 is 1.27 bits per heavy atom. The number of amides is 1. The van der Waals surface area contributed by atoms with Crippen LogP contribution < -0.4 is 14.8 Å². The normalized spacial score (nSPS) is 12.8. The zero-order chi connectivity index (χ0) is 16.9. The number of nitrogens with one attached hydrogen (secondary N) is 2. The summed E-state index contributed by atoms with van der Waals surface area (Å²) in [6.45, 7) is 6.99. The molecule has 1 unspecified atom stereocenters. The zero-order valence-electron chi connectivity index (χ0n) is 13.7. The van der Waals surface area contributed by atoms with Gasteiger partial charge in [0.1, 0.15) is 5.75 Å². The predicted molar refractivity (Wildman–Crippen MR) is 85.6 cm³/mol. The molecule has 1 rings (SSSR count). The van der Waals surface area contributed by atoms with E-state index >= 15 is 0 Å².